The highest BCUT2D eigenvalue weighted by molar-refractivity contribution is 6.16. The first kappa shape index (κ1) is 25.1. The Labute approximate surface area is 214 Å². The van der Waals surface area contributed by atoms with Crippen LogP contribution in [-0.4, -0.2) is 28.8 Å². The lowest BCUT2D eigenvalue weighted by atomic mass is 10.1. The van der Waals surface area contributed by atoms with E-state index in [1.807, 2.05) is 60.7 Å². The van der Waals surface area contributed by atoms with Gasteiger partial charge in [0.1, 0.15) is 0 Å². The van der Waals surface area contributed by atoms with Crippen LogP contribution in [0.3, 0.4) is 0 Å². The quantitative estimate of drug-likeness (QED) is 0.361. The summed E-state index contributed by atoms with van der Waals surface area (Å²) < 4.78 is 0. The number of aromatic carboxylic acids is 1. The molecule has 0 saturated heterocycles. The van der Waals surface area contributed by atoms with E-state index >= 15 is 0 Å². The summed E-state index contributed by atoms with van der Waals surface area (Å²) in [6, 6.07) is 30.4. The summed E-state index contributed by atoms with van der Waals surface area (Å²) in [5, 5.41) is 11.9. The van der Waals surface area contributed by atoms with Crippen LogP contribution in [0.25, 0.3) is 0 Å². The van der Waals surface area contributed by atoms with Crippen molar-refractivity contribution in [2.24, 2.45) is 0 Å². The monoisotopic (exact) mass is 492 g/mol. The van der Waals surface area contributed by atoms with E-state index in [0.717, 1.165) is 16.0 Å². The average molecular weight is 493 g/mol. The van der Waals surface area contributed by atoms with Gasteiger partial charge < -0.3 is 10.4 Å². The number of carboxylic acids is 1. The van der Waals surface area contributed by atoms with Crippen LogP contribution in [0.5, 0.6) is 0 Å². The van der Waals surface area contributed by atoms with Crippen LogP contribution in [0.15, 0.2) is 109 Å². The van der Waals surface area contributed by atoms with Gasteiger partial charge in [0, 0.05) is 5.56 Å². The normalized spacial score (nSPS) is 10.4. The number of amides is 3. The Morgan fingerprint density at radius 2 is 1.11 bits per heavy atom. The van der Waals surface area contributed by atoms with Crippen molar-refractivity contribution in [2.75, 3.05) is 10.2 Å². The summed E-state index contributed by atoms with van der Waals surface area (Å²) in [6.45, 7) is 0. The lowest BCUT2D eigenvalue weighted by Crippen LogP contribution is -2.39. The molecule has 0 aliphatic heterocycles. The summed E-state index contributed by atoms with van der Waals surface area (Å²) in [5.74, 6) is -2.45. The maximum Gasteiger partial charge on any atom is 0.337 e. The molecule has 37 heavy (non-hydrogen) atoms. The number of carboxylic acid groups (broad SMARTS) is 1. The summed E-state index contributed by atoms with van der Waals surface area (Å²) >= 11 is 0. The molecule has 3 amide bonds. The zero-order valence-corrected chi connectivity index (χ0v) is 19.8. The molecule has 0 atom stereocenters. The minimum Gasteiger partial charge on any atom is -0.478 e. The summed E-state index contributed by atoms with van der Waals surface area (Å²) in [6.07, 6.45) is 0.0746. The molecule has 0 bridgehead atoms. The average Bonchev–Trinajstić information content (AvgIpc) is 2.90. The summed E-state index contributed by atoms with van der Waals surface area (Å²) in [7, 11) is 0. The predicted octanol–water partition coefficient (Wildman–Crippen LogP) is 4.98. The van der Waals surface area contributed by atoms with E-state index in [1.54, 1.807) is 12.1 Å². The number of hydrogen-bond acceptors (Lipinski definition) is 4. The van der Waals surface area contributed by atoms with Crippen molar-refractivity contribution >= 4 is 35.1 Å². The topological polar surface area (TPSA) is 104 Å². The fourth-order valence-electron chi connectivity index (χ4n) is 3.86. The maximum atomic E-state index is 13.3. The van der Waals surface area contributed by atoms with Gasteiger partial charge in [0.05, 0.1) is 29.8 Å². The van der Waals surface area contributed by atoms with Gasteiger partial charge >= 0.3 is 5.97 Å². The fraction of sp³-hybridized carbons (Fsp3) is 0.0667. The van der Waals surface area contributed by atoms with Gasteiger partial charge in [-0.2, -0.15) is 0 Å². The number of para-hydroxylation sites is 1. The number of carbonyl (C=O) groups is 4. The molecule has 4 aromatic carbocycles. The van der Waals surface area contributed by atoms with E-state index in [2.05, 4.69) is 5.32 Å². The molecule has 4 rings (SSSR count). The van der Waals surface area contributed by atoms with Crippen molar-refractivity contribution in [3.8, 4) is 0 Å². The smallest absolute Gasteiger partial charge is 0.337 e. The number of rotatable bonds is 8. The van der Waals surface area contributed by atoms with Crippen molar-refractivity contribution in [1.82, 2.24) is 0 Å². The van der Waals surface area contributed by atoms with E-state index in [9.17, 15) is 24.3 Å². The summed E-state index contributed by atoms with van der Waals surface area (Å²) in [4.78, 5) is 51.9. The predicted molar refractivity (Wildman–Crippen MR) is 141 cm³/mol. The molecule has 0 heterocycles. The second-order valence-electron chi connectivity index (χ2n) is 8.30. The van der Waals surface area contributed by atoms with Crippen LogP contribution < -0.4 is 10.2 Å². The molecule has 184 valence electrons. The van der Waals surface area contributed by atoms with Gasteiger partial charge in [0.2, 0.25) is 11.8 Å². The molecular formula is C30H24N2O5. The van der Waals surface area contributed by atoms with E-state index in [4.69, 9.17) is 0 Å². The minimum atomic E-state index is -1.16. The van der Waals surface area contributed by atoms with Crippen molar-refractivity contribution in [1.29, 1.82) is 0 Å². The standard InChI is InChI=1S/C30H24N2O5/c33-27(19-21-9-3-1-4-10-21)32(28(34)20-22-11-5-2-6-12-22)24-17-15-23(16-18-24)29(35)31-26-14-8-7-13-25(26)30(36)37/h1-18H,19-20H2,(H,31,35)(H,36,37). The molecule has 0 aromatic heterocycles. The second-order valence-corrected chi connectivity index (χ2v) is 8.30. The molecule has 7 heteroatoms. The van der Waals surface area contributed by atoms with Crippen LogP contribution >= 0.6 is 0 Å². The minimum absolute atomic E-state index is 0.0309. The number of nitrogens with zero attached hydrogens (tertiary/aromatic N) is 1. The lowest BCUT2D eigenvalue weighted by molar-refractivity contribution is -0.125. The Balaban J connectivity index is 1.57. The van der Waals surface area contributed by atoms with Crippen LogP contribution in [0.2, 0.25) is 0 Å². The third kappa shape index (κ3) is 6.35. The van der Waals surface area contributed by atoms with Crippen LogP contribution in [-0.2, 0) is 22.4 Å². The van der Waals surface area contributed by atoms with Crippen molar-refractivity contribution in [2.45, 2.75) is 12.8 Å². The highest BCUT2D eigenvalue weighted by Crippen LogP contribution is 2.21. The Hall–Kier alpha value is -5.04. The first-order valence-corrected chi connectivity index (χ1v) is 11.6. The SMILES string of the molecule is O=C(Nc1ccccc1C(=O)O)c1ccc(N(C(=O)Cc2ccccc2)C(=O)Cc2ccccc2)cc1. The number of hydrogen-bond donors (Lipinski definition) is 2. The first-order valence-electron chi connectivity index (χ1n) is 11.6. The third-order valence-electron chi connectivity index (χ3n) is 5.69. The second kappa shape index (κ2) is 11.6. The molecular weight excluding hydrogens is 468 g/mol. The molecule has 0 unspecified atom stereocenters. The molecule has 0 saturated carbocycles. The van der Waals surface area contributed by atoms with Crippen molar-refractivity contribution in [3.63, 3.8) is 0 Å². The molecule has 0 radical (unpaired) electrons. The lowest BCUT2D eigenvalue weighted by Gasteiger charge is -2.22. The van der Waals surface area contributed by atoms with Crippen LogP contribution in [0.4, 0.5) is 11.4 Å². The Morgan fingerprint density at radius 3 is 1.62 bits per heavy atom. The van der Waals surface area contributed by atoms with E-state index in [-0.39, 0.29) is 41.5 Å². The van der Waals surface area contributed by atoms with Crippen molar-refractivity contribution < 1.29 is 24.3 Å². The van der Waals surface area contributed by atoms with Gasteiger partial charge in [0.15, 0.2) is 0 Å². The zero-order valence-electron chi connectivity index (χ0n) is 19.8. The van der Waals surface area contributed by atoms with E-state index in [0.29, 0.717) is 5.69 Å². The number of anilines is 2. The molecule has 4 aromatic rings. The Morgan fingerprint density at radius 1 is 0.622 bits per heavy atom. The molecule has 0 fully saturated rings. The van der Waals surface area contributed by atoms with E-state index in [1.165, 1.54) is 36.4 Å². The molecule has 0 spiro atoms. The van der Waals surface area contributed by atoms with Crippen molar-refractivity contribution in [3.05, 3.63) is 131 Å². The van der Waals surface area contributed by atoms with E-state index < -0.39 is 11.9 Å². The number of nitrogens with one attached hydrogen (secondary N) is 1. The van der Waals surface area contributed by atoms with Gasteiger partial charge in [-0.25, -0.2) is 4.79 Å². The van der Waals surface area contributed by atoms with Crippen LogP contribution in [0.1, 0.15) is 31.8 Å². The Kier molecular flexibility index (Phi) is 7.85. The first-order chi connectivity index (χ1) is 17.9. The number of benzene rings is 4. The van der Waals surface area contributed by atoms with Gasteiger partial charge in [-0.3, -0.25) is 19.3 Å². The largest absolute Gasteiger partial charge is 0.478 e. The van der Waals surface area contributed by atoms with Crippen LogP contribution in [0, 0.1) is 0 Å². The fourth-order valence-corrected chi connectivity index (χ4v) is 3.86. The maximum absolute atomic E-state index is 13.3. The van der Waals surface area contributed by atoms with Gasteiger partial charge in [-0.05, 0) is 47.5 Å². The molecule has 0 aliphatic carbocycles. The zero-order chi connectivity index (χ0) is 26.2. The molecule has 7 nitrogen and oxygen atoms in total. The Bertz CT molecular complexity index is 1360. The highest BCUT2D eigenvalue weighted by Gasteiger charge is 2.24. The third-order valence-corrected chi connectivity index (χ3v) is 5.69. The highest BCUT2D eigenvalue weighted by atomic mass is 16.4. The molecule has 0 aliphatic rings. The van der Waals surface area contributed by atoms with Gasteiger partial charge in [-0.15, -0.1) is 0 Å². The number of imide groups is 1. The molecule has 2 N–H and O–H groups in total. The summed E-state index contributed by atoms with van der Waals surface area (Å²) in [5.41, 5.74) is 2.27. The van der Waals surface area contributed by atoms with Gasteiger partial charge in [0.25, 0.3) is 5.91 Å². The number of carbonyl (C=O) groups excluding carboxylic acids is 3. The van der Waals surface area contributed by atoms with Gasteiger partial charge in [-0.1, -0.05) is 72.8 Å².